The second-order valence-corrected chi connectivity index (χ2v) is 4.26. The van der Waals surface area contributed by atoms with Crippen LogP contribution in [0.2, 0.25) is 0 Å². The van der Waals surface area contributed by atoms with Crippen molar-refractivity contribution in [3.63, 3.8) is 0 Å². The van der Waals surface area contributed by atoms with E-state index < -0.39 is 0 Å². The Labute approximate surface area is 106 Å². The van der Waals surface area contributed by atoms with Crippen molar-refractivity contribution in [3.8, 4) is 0 Å². The van der Waals surface area contributed by atoms with Gasteiger partial charge in [0.1, 0.15) is 17.3 Å². The minimum Gasteiger partial charge on any atom is -0.464 e. The fourth-order valence-electron chi connectivity index (χ4n) is 1.72. The zero-order valence-electron chi connectivity index (χ0n) is 10.8. The first-order chi connectivity index (χ1) is 8.60. The molecule has 1 amide bonds. The minimum atomic E-state index is -0.226. The summed E-state index contributed by atoms with van der Waals surface area (Å²) < 4.78 is 10.9. The van der Waals surface area contributed by atoms with Gasteiger partial charge >= 0.3 is 0 Å². The van der Waals surface area contributed by atoms with Gasteiger partial charge in [-0.1, -0.05) is 6.92 Å². The summed E-state index contributed by atoms with van der Waals surface area (Å²) in [6.07, 6.45) is 0.778. The molecule has 2 aromatic heterocycles. The molecular formula is C14H17NO3. The van der Waals surface area contributed by atoms with Crippen LogP contribution in [0, 0.1) is 6.92 Å². The van der Waals surface area contributed by atoms with Gasteiger partial charge in [0.15, 0.2) is 5.76 Å². The third-order valence-corrected chi connectivity index (χ3v) is 2.77. The molecule has 0 unspecified atom stereocenters. The maximum Gasteiger partial charge on any atom is 0.287 e. The number of hydrogen-bond donors (Lipinski definition) is 1. The van der Waals surface area contributed by atoms with Crippen LogP contribution in [0.1, 0.15) is 47.7 Å². The Morgan fingerprint density at radius 2 is 2.06 bits per heavy atom. The SMILES string of the molecule is CCc1ccc(C(=O)N[C@@H](C)c2ccc(C)o2)o1. The molecule has 4 nitrogen and oxygen atoms in total. The molecule has 2 aromatic rings. The number of amides is 1. The zero-order chi connectivity index (χ0) is 13.1. The van der Waals surface area contributed by atoms with Gasteiger partial charge in [0.05, 0.1) is 6.04 Å². The molecule has 1 atom stereocenters. The first-order valence-electron chi connectivity index (χ1n) is 6.06. The second kappa shape index (κ2) is 5.12. The van der Waals surface area contributed by atoms with E-state index in [0.717, 1.165) is 23.7 Å². The van der Waals surface area contributed by atoms with Gasteiger partial charge in [-0.15, -0.1) is 0 Å². The lowest BCUT2D eigenvalue weighted by Crippen LogP contribution is -2.25. The van der Waals surface area contributed by atoms with Crippen LogP contribution >= 0.6 is 0 Å². The molecule has 0 saturated heterocycles. The van der Waals surface area contributed by atoms with Crippen LogP contribution in [0.15, 0.2) is 33.1 Å². The Hall–Kier alpha value is -1.97. The monoisotopic (exact) mass is 247 g/mol. The quantitative estimate of drug-likeness (QED) is 0.902. The van der Waals surface area contributed by atoms with Crippen molar-refractivity contribution in [2.45, 2.75) is 33.2 Å². The Kier molecular flexibility index (Phi) is 3.55. The van der Waals surface area contributed by atoms with Crippen molar-refractivity contribution in [1.82, 2.24) is 5.32 Å². The van der Waals surface area contributed by atoms with Crippen molar-refractivity contribution >= 4 is 5.91 Å². The number of rotatable bonds is 4. The van der Waals surface area contributed by atoms with Gasteiger partial charge in [-0.05, 0) is 38.1 Å². The van der Waals surface area contributed by atoms with E-state index in [-0.39, 0.29) is 11.9 Å². The van der Waals surface area contributed by atoms with E-state index in [4.69, 9.17) is 8.83 Å². The average Bonchev–Trinajstić information content (AvgIpc) is 2.97. The second-order valence-electron chi connectivity index (χ2n) is 4.26. The molecule has 0 fully saturated rings. The van der Waals surface area contributed by atoms with Crippen LogP contribution in [-0.2, 0) is 6.42 Å². The van der Waals surface area contributed by atoms with Crippen molar-refractivity contribution in [3.05, 3.63) is 47.3 Å². The number of carbonyl (C=O) groups is 1. The number of carbonyl (C=O) groups excluding carboxylic acids is 1. The van der Waals surface area contributed by atoms with Gasteiger partial charge in [-0.2, -0.15) is 0 Å². The van der Waals surface area contributed by atoms with Gasteiger partial charge < -0.3 is 14.2 Å². The molecule has 0 saturated carbocycles. The maximum atomic E-state index is 11.9. The van der Waals surface area contributed by atoms with E-state index in [1.165, 1.54) is 0 Å². The van der Waals surface area contributed by atoms with Crippen LogP contribution in [0.25, 0.3) is 0 Å². The summed E-state index contributed by atoms with van der Waals surface area (Å²) in [5.41, 5.74) is 0. The summed E-state index contributed by atoms with van der Waals surface area (Å²) in [4.78, 5) is 11.9. The number of nitrogens with one attached hydrogen (secondary N) is 1. The topological polar surface area (TPSA) is 55.4 Å². The van der Waals surface area contributed by atoms with E-state index >= 15 is 0 Å². The van der Waals surface area contributed by atoms with Crippen LogP contribution in [-0.4, -0.2) is 5.91 Å². The van der Waals surface area contributed by atoms with Crippen LogP contribution in [0.5, 0.6) is 0 Å². The van der Waals surface area contributed by atoms with Gasteiger partial charge in [0.25, 0.3) is 5.91 Å². The van der Waals surface area contributed by atoms with Crippen LogP contribution in [0.3, 0.4) is 0 Å². The molecule has 0 spiro atoms. The van der Waals surface area contributed by atoms with Crippen molar-refractivity contribution < 1.29 is 13.6 Å². The lowest BCUT2D eigenvalue weighted by atomic mass is 10.2. The molecule has 2 heterocycles. The highest BCUT2D eigenvalue weighted by atomic mass is 16.4. The maximum absolute atomic E-state index is 11.9. The molecule has 0 aromatic carbocycles. The van der Waals surface area contributed by atoms with E-state index in [0.29, 0.717) is 5.76 Å². The number of furan rings is 2. The van der Waals surface area contributed by atoms with Crippen LogP contribution < -0.4 is 5.32 Å². The molecule has 18 heavy (non-hydrogen) atoms. The fraction of sp³-hybridized carbons (Fsp3) is 0.357. The van der Waals surface area contributed by atoms with E-state index in [9.17, 15) is 4.79 Å². The highest BCUT2D eigenvalue weighted by Gasteiger charge is 2.16. The highest BCUT2D eigenvalue weighted by Crippen LogP contribution is 2.16. The smallest absolute Gasteiger partial charge is 0.287 e. The molecular weight excluding hydrogens is 230 g/mol. The normalized spacial score (nSPS) is 12.4. The first-order valence-corrected chi connectivity index (χ1v) is 6.06. The Balaban J connectivity index is 2.02. The lowest BCUT2D eigenvalue weighted by Gasteiger charge is -2.09. The average molecular weight is 247 g/mol. The van der Waals surface area contributed by atoms with Gasteiger partial charge in [-0.3, -0.25) is 4.79 Å². The minimum absolute atomic E-state index is 0.179. The van der Waals surface area contributed by atoms with Gasteiger partial charge in [0, 0.05) is 6.42 Å². The van der Waals surface area contributed by atoms with E-state index in [2.05, 4.69) is 5.32 Å². The molecule has 0 aliphatic carbocycles. The molecule has 0 aliphatic rings. The largest absolute Gasteiger partial charge is 0.464 e. The molecule has 1 N–H and O–H groups in total. The Bertz CT molecular complexity index is 539. The number of aryl methyl sites for hydroxylation is 2. The molecule has 0 bridgehead atoms. The van der Waals surface area contributed by atoms with Crippen molar-refractivity contribution in [2.75, 3.05) is 0 Å². The summed E-state index contributed by atoms with van der Waals surface area (Å²) in [6.45, 7) is 5.73. The summed E-state index contributed by atoms with van der Waals surface area (Å²) in [5.74, 6) is 2.49. The molecule has 0 aliphatic heterocycles. The zero-order valence-corrected chi connectivity index (χ0v) is 10.8. The molecule has 2 rings (SSSR count). The summed E-state index contributed by atoms with van der Waals surface area (Å²) >= 11 is 0. The van der Waals surface area contributed by atoms with E-state index in [1.807, 2.05) is 39.0 Å². The van der Waals surface area contributed by atoms with Crippen molar-refractivity contribution in [2.24, 2.45) is 0 Å². The first kappa shape index (κ1) is 12.5. The Morgan fingerprint density at radius 3 is 2.61 bits per heavy atom. The molecule has 4 heteroatoms. The molecule has 96 valence electrons. The predicted octanol–water partition coefficient (Wildman–Crippen LogP) is 3.23. The lowest BCUT2D eigenvalue weighted by molar-refractivity contribution is 0.0905. The van der Waals surface area contributed by atoms with Crippen LogP contribution in [0.4, 0.5) is 0 Å². The summed E-state index contributed by atoms with van der Waals surface area (Å²) in [5, 5.41) is 2.84. The summed E-state index contributed by atoms with van der Waals surface area (Å²) in [6, 6.07) is 7.06. The van der Waals surface area contributed by atoms with Gasteiger partial charge in [-0.25, -0.2) is 0 Å². The third-order valence-electron chi connectivity index (χ3n) is 2.77. The predicted molar refractivity (Wildman–Crippen MR) is 67.4 cm³/mol. The standard InChI is InChI=1S/C14H17NO3/c1-4-11-6-8-13(18-11)14(16)15-10(3)12-7-5-9(2)17-12/h5-8,10H,4H2,1-3H3,(H,15,16)/t10-/m0/s1. The Morgan fingerprint density at radius 1 is 1.28 bits per heavy atom. The fourth-order valence-corrected chi connectivity index (χ4v) is 1.72. The molecule has 0 radical (unpaired) electrons. The summed E-state index contributed by atoms with van der Waals surface area (Å²) in [7, 11) is 0. The highest BCUT2D eigenvalue weighted by molar-refractivity contribution is 5.91. The van der Waals surface area contributed by atoms with E-state index in [1.54, 1.807) is 6.07 Å². The van der Waals surface area contributed by atoms with Gasteiger partial charge in [0.2, 0.25) is 0 Å². The number of hydrogen-bond acceptors (Lipinski definition) is 3. The van der Waals surface area contributed by atoms with Crippen molar-refractivity contribution in [1.29, 1.82) is 0 Å². The third kappa shape index (κ3) is 2.64.